The van der Waals surface area contributed by atoms with Crippen molar-refractivity contribution >= 4 is 24.0 Å². The predicted octanol–water partition coefficient (Wildman–Crippen LogP) is 3.63. The highest BCUT2D eigenvalue weighted by molar-refractivity contribution is 5.88. The second-order valence-corrected chi connectivity index (χ2v) is 8.32. The van der Waals surface area contributed by atoms with Crippen LogP contribution in [0.4, 0.5) is 4.79 Å². The van der Waals surface area contributed by atoms with Gasteiger partial charge in [-0.1, -0.05) is 70.2 Å². The lowest BCUT2D eigenvalue weighted by Crippen LogP contribution is -2.52. The summed E-state index contributed by atoms with van der Waals surface area (Å²) in [5.41, 5.74) is 5.25. The molecule has 31 heavy (non-hydrogen) atoms. The maximum Gasteiger partial charge on any atom is 0.428 e. The summed E-state index contributed by atoms with van der Waals surface area (Å²) in [5.74, 6) is -2.49. The summed E-state index contributed by atoms with van der Waals surface area (Å²) in [6, 6.07) is 9.57. The standard InChI is InChI=1S/C23H35N3O5/c1-16(2)14-20(21(27)24-26(15-17(3)4)23(29)31-5)19(22(28)25-30)13-9-12-18-10-7-6-8-11-18/h6-12,16-17,19-20,30H,13-15H2,1-5H3,(H,24,27)(H,25,28)/b12-9+/t19-,20+/m0/s1. The number of hydrogen-bond donors (Lipinski definition) is 3. The monoisotopic (exact) mass is 433 g/mol. The molecule has 0 heterocycles. The summed E-state index contributed by atoms with van der Waals surface area (Å²) in [4.78, 5) is 37.7. The van der Waals surface area contributed by atoms with Crippen LogP contribution in [0.25, 0.3) is 6.08 Å². The first-order chi connectivity index (χ1) is 14.7. The average molecular weight is 434 g/mol. The van der Waals surface area contributed by atoms with Crippen LogP contribution >= 0.6 is 0 Å². The topological polar surface area (TPSA) is 108 Å². The minimum absolute atomic E-state index is 0.0910. The number of methoxy groups -OCH3 is 1. The van der Waals surface area contributed by atoms with E-state index in [9.17, 15) is 19.6 Å². The third-order valence-electron chi connectivity index (χ3n) is 4.68. The van der Waals surface area contributed by atoms with Gasteiger partial charge in [-0.3, -0.25) is 20.2 Å². The molecule has 172 valence electrons. The van der Waals surface area contributed by atoms with E-state index >= 15 is 0 Å². The molecule has 2 atom stereocenters. The third-order valence-corrected chi connectivity index (χ3v) is 4.68. The molecule has 0 aromatic heterocycles. The van der Waals surface area contributed by atoms with Gasteiger partial charge in [-0.25, -0.2) is 15.3 Å². The Hall–Kier alpha value is -2.87. The summed E-state index contributed by atoms with van der Waals surface area (Å²) >= 11 is 0. The first kappa shape index (κ1) is 26.2. The molecule has 0 aliphatic rings. The average Bonchev–Trinajstić information content (AvgIpc) is 2.74. The fourth-order valence-electron chi connectivity index (χ4n) is 3.27. The Morgan fingerprint density at radius 1 is 1.03 bits per heavy atom. The highest BCUT2D eigenvalue weighted by Gasteiger charge is 2.35. The van der Waals surface area contributed by atoms with Crippen molar-refractivity contribution in [3.63, 3.8) is 0 Å². The molecule has 3 amide bonds. The van der Waals surface area contributed by atoms with E-state index in [-0.39, 0.29) is 24.8 Å². The molecule has 0 fully saturated rings. The van der Waals surface area contributed by atoms with Crippen molar-refractivity contribution in [2.75, 3.05) is 13.7 Å². The second kappa shape index (κ2) is 13.4. The minimum Gasteiger partial charge on any atom is -0.452 e. The van der Waals surface area contributed by atoms with E-state index in [1.54, 1.807) is 5.48 Å². The van der Waals surface area contributed by atoms with Gasteiger partial charge in [-0.2, -0.15) is 0 Å². The van der Waals surface area contributed by atoms with E-state index in [0.29, 0.717) is 6.42 Å². The lowest BCUT2D eigenvalue weighted by molar-refractivity contribution is -0.142. The summed E-state index contributed by atoms with van der Waals surface area (Å²) in [6.07, 6.45) is 3.63. The lowest BCUT2D eigenvalue weighted by atomic mass is 9.82. The van der Waals surface area contributed by atoms with Crippen LogP contribution in [-0.4, -0.2) is 41.8 Å². The fourth-order valence-corrected chi connectivity index (χ4v) is 3.27. The minimum atomic E-state index is -0.814. The molecule has 0 saturated heterocycles. The zero-order valence-electron chi connectivity index (χ0n) is 19.0. The van der Waals surface area contributed by atoms with Crippen molar-refractivity contribution in [1.82, 2.24) is 15.9 Å². The predicted molar refractivity (Wildman–Crippen MR) is 119 cm³/mol. The second-order valence-electron chi connectivity index (χ2n) is 8.32. The van der Waals surface area contributed by atoms with Crippen molar-refractivity contribution in [2.45, 2.75) is 40.5 Å². The number of benzene rings is 1. The van der Waals surface area contributed by atoms with Crippen LogP contribution in [-0.2, 0) is 14.3 Å². The van der Waals surface area contributed by atoms with E-state index in [2.05, 4.69) is 5.43 Å². The van der Waals surface area contributed by atoms with Crippen molar-refractivity contribution in [3.05, 3.63) is 42.0 Å². The lowest BCUT2D eigenvalue weighted by Gasteiger charge is -2.29. The Morgan fingerprint density at radius 2 is 1.68 bits per heavy atom. The van der Waals surface area contributed by atoms with Crippen LogP contribution in [0.5, 0.6) is 0 Å². The molecule has 8 heteroatoms. The maximum atomic E-state index is 13.1. The molecule has 0 aliphatic carbocycles. The fraction of sp³-hybridized carbons (Fsp3) is 0.522. The molecule has 0 saturated carbocycles. The molecule has 1 rings (SSSR count). The number of hydrazine groups is 1. The summed E-state index contributed by atoms with van der Waals surface area (Å²) < 4.78 is 4.76. The summed E-state index contributed by atoms with van der Waals surface area (Å²) in [5, 5.41) is 10.4. The van der Waals surface area contributed by atoms with Gasteiger partial charge in [-0.15, -0.1) is 0 Å². The van der Waals surface area contributed by atoms with Crippen LogP contribution < -0.4 is 10.9 Å². The Kier molecular flexibility index (Phi) is 11.3. The molecule has 0 unspecified atom stereocenters. The SMILES string of the molecule is COC(=O)N(CC(C)C)NC(=O)[C@H](CC(C)C)[C@H](C/C=C/c1ccccc1)C(=O)NO. The maximum absolute atomic E-state index is 13.1. The van der Waals surface area contributed by atoms with E-state index in [4.69, 9.17) is 4.74 Å². The van der Waals surface area contributed by atoms with Gasteiger partial charge < -0.3 is 4.74 Å². The molecular formula is C23H35N3O5. The number of nitrogens with one attached hydrogen (secondary N) is 2. The molecule has 0 bridgehead atoms. The highest BCUT2D eigenvalue weighted by Crippen LogP contribution is 2.25. The van der Waals surface area contributed by atoms with Gasteiger partial charge in [0.2, 0.25) is 11.8 Å². The molecule has 8 nitrogen and oxygen atoms in total. The Morgan fingerprint density at radius 3 is 2.19 bits per heavy atom. The van der Waals surface area contributed by atoms with Gasteiger partial charge in [-0.05, 0) is 30.2 Å². The Balaban J connectivity index is 3.09. The Bertz CT molecular complexity index is 734. The number of ether oxygens (including phenoxy) is 1. The Labute approximate surface area is 184 Å². The number of carbonyl (C=O) groups is 3. The van der Waals surface area contributed by atoms with Crippen LogP contribution in [0.2, 0.25) is 0 Å². The van der Waals surface area contributed by atoms with Crippen molar-refractivity contribution in [1.29, 1.82) is 0 Å². The van der Waals surface area contributed by atoms with E-state index in [0.717, 1.165) is 10.6 Å². The summed E-state index contributed by atoms with van der Waals surface area (Å²) in [6.45, 7) is 7.96. The summed E-state index contributed by atoms with van der Waals surface area (Å²) in [7, 11) is 1.24. The van der Waals surface area contributed by atoms with Gasteiger partial charge in [0.25, 0.3) is 0 Å². The normalized spacial score (nSPS) is 13.2. The number of allylic oxidation sites excluding steroid dienone is 1. The van der Waals surface area contributed by atoms with E-state index in [1.807, 2.05) is 70.2 Å². The molecule has 0 aliphatic heterocycles. The van der Waals surface area contributed by atoms with Crippen LogP contribution in [0.3, 0.4) is 0 Å². The van der Waals surface area contributed by atoms with Gasteiger partial charge in [0.1, 0.15) is 0 Å². The zero-order chi connectivity index (χ0) is 23.4. The molecule has 1 aromatic rings. The number of amides is 3. The third kappa shape index (κ3) is 9.21. The number of hydroxylamine groups is 1. The number of carbonyl (C=O) groups excluding carboxylic acids is 3. The smallest absolute Gasteiger partial charge is 0.428 e. The molecule has 0 radical (unpaired) electrons. The molecule has 0 spiro atoms. The van der Waals surface area contributed by atoms with Crippen molar-refractivity contribution in [3.8, 4) is 0 Å². The van der Waals surface area contributed by atoms with Gasteiger partial charge in [0.15, 0.2) is 0 Å². The first-order valence-corrected chi connectivity index (χ1v) is 10.5. The van der Waals surface area contributed by atoms with Gasteiger partial charge >= 0.3 is 6.09 Å². The number of rotatable bonds is 10. The van der Waals surface area contributed by atoms with Crippen LogP contribution in [0.1, 0.15) is 46.1 Å². The molecule has 3 N–H and O–H groups in total. The van der Waals surface area contributed by atoms with Crippen molar-refractivity contribution in [2.24, 2.45) is 23.7 Å². The zero-order valence-corrected chi connectivity index (χ0v) is 19.0. The van der Waals surface area contributed by atoms with Crippen LogP contribution in [0.15, 0.2) is 36.4 Å². The van der Waals surface area contributed by atoms with Gasteiger partial charge in [0, 0.05) is 6.54 Å². The largest absolute Gasteiger partial charge is 0.452 e. The van der Waals surface area contributed by atoms with Gasteiger partial charge in [0.05, 0.1) is 18.9 Å². The molecular weight excluding hydrogens is 398 g/mol. The van der Waals surface area contributed by atoms with Crippen molar-refractivity contribution < 1.29 is 24.3 Å². The first-order valence-electron chi connectivity index (χ1n) is 10.5. The quantitative estimate of drug-likeness (QED) is 0.386. The van der Waals surface area contributed by atoms with E-state index in [1.165, 1.54) is 7.11 Å². The number of nitrogens with zero attached hydrogens (tertiary/aromatic N) is 1. The highest BCUT2D eigenvalue weighted by atomic mass is 16.5. The van der Waals surface area contributed by atoms with Crippen LogP contribution in [0, 0.1) is 23.7 Å². The van der Waals surface area contributed by atoms with E-state index < -0.39 is 29.7 Å². The molecule has 1 aromatic carbocycles. The number of hydrogen-bond acceptors (Lipinski definition) is 5.